The molecule has 2 N–H and O–H groups in total. The number of rotatable bonds is 38. The summed E-state index contributed by atoms with van der Waals surface area (Å²) < 4.78 is 1.22. The van der Waals surface area contributed by atoms with E-state index in [0.717, 1.165) is 6.54 Å². The zero-order chi connectivity index (χ0) is 34.9. The summed E-state index contributed by atoms with van der Waals surface area (Å²) in [6.07, 6.45) is 49.7. The zero-order valence-corrected chi connectivity index (χ0v) is 34.5. The molecule has 4 heteroatoms. The molecule has 0 aliphatic heterocycles. The highest BCUT2D eigenvalue weighted by atomic mass is 35.5. The summed E-state index contributed by atoms with van der Waals surface area (Å²) >= 11 is 0. The van der Waals surface area contributed by atoms with Crippen LogP contribution in [0.25, 0.3) is 0 Å². The van der Waals surface area contributed by atoms with E-state index in [0.29, 0.717) is 0 Å². The summed E-state index contributed by atoms with van der Waals surface area (Å²) in [7, 11) is 2.49. The van der Waals surface area contributed by atoms with Crippen molar-refractivity contribution >= 4 is 0 Å². The minimum Gasteiger partial charge on any atom is -1.00 e. The molecule has 0 radical (unpaired) electrons. The van der Waals surface area contributed by atoms with Crippen LogP contribution in [-0.2, 0) is 0 Å². The summed E-state index contributed by atoms with van der Waals surface area (Å²) in [6, 6.07) is 0. The molecule has 0 aliphatic carbocycles. The Morgan fingerprint density at radius 1 is 0.458 bits per heavy atom. The number of halogens is 1. The summed E-state index contributed by atoms with van der Waals surface area (Å²) in [5.74, 6) is 0. The van der Waals surface area contributed by atoms with Crippen molar-refractivity contribution in [2.45, 2.75) is 239 Å². The van der Waals surface area contributed by atoms with E-state index in [9.17, 15) is 0 Å². The number of nitrogens with zero attached hydrogens (tertiary/aromatic N) is 1. The van der Waals surface area contributed by atoms with Crippen LogP contribution in [0.2, 0.25) is 0 Å². The molecule has 0 amide bonds. The average molecular weight is 703 g/mol. The summed E-state index contributed by atoms with van der Waals surface area (Å²) in [4.78, 5) is 0. The molecule has 0 saturated carbocycles. The summed E-state index contributed by atoms with van der Waals surface area (Å²) in [5, 5.41) is 16.0. The lowest BCUT2D eigenvalue weighted by Gasteiger charge is -2.34. The van der Waals surface area contributed by atoms with E-state index in [2.05, 4.69) is 33.6 Å². The molecule has 0 aromatic carbocycles. The maximum atomic E-state index is 8.11. The van der Waals surface area contributed by atoms with Crippen molar-refractivity contribution in [3.8, 4) is 0 Å². The molecule has 2 atom stereocenters. The van der Waals surface area contributed by atoms with E-state index >= 15 is 0 Å². The number of hydrogen-bond acceptors (Lipinski definition) is 2. The molecule has 292 valence electrons. The first-order valence-electron chi connectivity index (χ1n) is 21.7. The third kappa shape index (κ3) is 45.9. The molecule has 0 spiro atoms. The fourth-order valence-electron chi connectivity index (χ4n) is 6.87. The van der Waals surface area contributed by atoms with E-state index in [4.69, 9.17) is 10.2 Å². The molecule has 48 heavy (non-hydrogen) atoms. The van der Waals surface area contributed by atoms with Gasteiger partial charge in [-0.25, -0.2) is 0 Å². The van der Waals surface area contributed by atoms with E-state index < -0.39 is 6.10 Å². The van der Waals surface area contributed by atoms with Crippen LogP contribution >= 0.6 is 0 Å². The second-order valence-electron chi connectivity index (χ2n) is 15.5. The van der Waals surface area contributed by atoms with Crippen molar-refractivity contribution in [2.24, 2.45) is 0 Å². The van der Waals surface area contributed by atoms with Crippen molar-refractivity contribution in [1.29, 1.82) is 0 Å². The molecular weight excluding hydrogens is 610 g/mol. The van der Waals surface area contributed by atoms with E-state index in [1.54, 1.807) is 0 Å². The van der Waals surface area contributed by atoms with Gasteiger partial charge in [-0.05, 0) is 38.7 Å². The Morgan fingerprint density at radius 3 is 0.812 bits per heavy atom. The van der Waals surface area contributed by atoms with E-state index in [1.807, 2.05) is 0 Å². The second kappa shape index (κ2) is 44.9. The van der Waals surface area contributed by atoms with Crippen LogP contribution in [0, 0.1) is 0 Å². The lowest BCUT2D eigenvalue weighted by atomic mass is 10.0. The minimum atomic E-state index is -0.560. The maximum absolute atomic E-state index is 8.11. The highest BCUT2D eigenvalue weighted by Gasteiger charge is 2.18. The Kier molecular flexibility index (Phi) is 48.9. The van der Waals surface area contributed by atoms with Crippen LogP contribution in [0.3, 0.4) is 0 Å². The van der Waals surface area contributed by atoms with Crippen LogP contribution < -0.4 is 12.4 Å². The number of likely N-dealkylation sites (N-methyl/N-ethyl adjacent to an activating group) is 1. The van der Waals surface area contributed by atoms with Crippen LogP contribution in [0.5, 0.6) is 0 Å². The zero-order valence-electron chi connectivity index (χ0n) is 33.7. The van der Waals surface area contributed by atoms with Crippen LogP contribution in [0.1, 0.15) is 233 Å². The average Bonchev–Trinajstić information content (AvgIpc) is 3.06. The number of aliphatic hydroxyl groups excluding tert-OH is 2. The van der Waals surface area contributed by atoms with Gasteiger partial charge in [-0.2, -0.15) is 0 Å². The fraction of sp³-hybridized carbons (Fsp3) is 0.955. The van der Waals surface area contributed by atoms with Gasteiger partial charge in [0.05, 0.1) is 39.4 Å². The van der Waals surface area contributed by atoms with Gasteiger partial charge in [-0.3, -0.25) is 0 Å². The van der Waals surface area contributed by atoms with Crippen molar-refractivity contribution in [3.63, 3.8) is 0 Å². The Bertz CT molecular complexity index is 572. The van der Waals surface area contributed by atoms with E-state index in [-0.39, 0.29) is 19.0 Å². The van der Waals surface area contributed by atoms with Gasteiger partial charge in [0.1, 0.15) is 0 Å². The van der Waals surface area contributed by atoms with Crippen LogP contribution in [0.15, 0.2) is 12.7 Å². The SMILES string of the molecule is C=CC[N+](C)(CCCCCCCCCCCCCCCCCC)CCCCCCCCCCCCCCCCCCC.CC(O)CO.[Cl-]. The molecule has 2 unspecified atom stereocenters. The van der Waals surface area contributed by atoms with Gasteiger partial charge in [-0.15, -0.1) is 0 Å². The molecule has 0 aliphatic rings. The maximum Gasteiger partial charge on any atom is 0.0969 e. The van der Waals surface area contributed by atoms with Gasteiger partial charge < -0.3 is 27.1 Å². The number of hydrogen-bond donors (Lipinski definition) is 2. The lowest BCUT2D eigenvalue weighted by molar-refractivity contribution is -0.904. The van der Waals surface area contributed by atoms with Gasteiger partial charge >= 0.3 is 0 Å². The standard InChI is InChI=1S/C41H84N.C3H8O2.ClH/c1-5-8-10-12-14-16-18-20-22-24-26-28-30-32-34-36-38-41-42(4,39-7-3)40-37-35-33-31-29-27-25-23-21-19-17-15-13-11-9-6-2;1-3(5)2-4;/h7H,3,5-6,8-41H2,1-2,4H3;3-5H,2H2,1H3;1H/q+1;;/p-1. The predicted octanol–water partition coefficient (Wildman–Crippen LogP) is 10.9. The first-order chi connectivity index (χ1) is 23.0. The third-order valence-corrected chi connectivity index (χ3v) is 10.2. The van der Waals surface area contributed by atoms with Crippen LogP contribution in [-0.4, -0.2) is 54.1 Å². The molecule has 0 heterocycles. The molecule has 0 rings (SSSR count). The molecule has 3 nitrogen and oxygen atoms in total. The van der Waals surface area contributed by atoms with Gasteiger partial charge in [0.25, 0.3) is 0 Å². The Balaban J connectivity index is -0.00000312. The van der Waals surface area contributed by atoms with Crippen molar-refractivity contribution < 1.29 is 27.1 Å². The Morgan fingerprint density at radius 2 is 0.646 bits per heavy atom. The molecule has 0 aromatic rings. The monoisotopic (exact) mass is 702 g/mol. The van der Waals surface area contributed by atoms with Crippen molar-refractivity contribution in [2.75, 3.05) is 33.3 Å². The largest absolute Gasteiger partial charge is 1.00 e. The summed E-state index contributed by atoms with van der Waals surface area (Å²) in [6.45, 7) is 13.9. The van der Waals surface area contributed by atoms with Gasteiger partial charge in [-0.1, -0.05) is 207 Å². The fourth-order valence-corrected chi connectivity index (χ4v) is 6.87. The predicted molar refractivity (Wildman–Crippen MR) is 213 cm³/mol. The Hall–Kier alpha value is -0.0900. The van der Waals surface area contributed by atoms with Crippen molar-refractivity contribution in [1.82, 2.24) is 0 Å². The molecule has 0 aromatic heterocycles. The summed E-state index contributed by atoms with van der Waals surface area (Å²) in [5.41, 5.74) is 0. The molecule has 0 fully saturated rings. The minimum absolute atomic E-state index is 0. The molecule has 0 bridgehead atoms. The van der Waals surface area contributed by atoms with Crippen LogP contribution in [0.4, 0.5) is 0 Å². The normalized spacial score (nSPS) is 13.0. The number of quaternary nitrogens is 1. The van der Waals surface area contributed by atoms with Gasteiger partial charge in [0.15, 0.2) is 0 Å². The highest BCUT2D eigenvalue weighted by Crippen LogP contribution is 2.17. The molecular formula is C44H92ClNO2. The molecule has 0 saturated heterocycles. The van der Waals surface area contributed by atoms with Crippen molar-refractivity contribution in [3.05, 3.63) is 12.7 Å². The quantitative estimate of drug-likeness (QED) is 0.0382. The van der Waals surface area contributed by atoms with Gasteiger partial charge in [0.2, 0.25) is 0 Å². The topological polar surface area (TPSA) is 40.5 Å². The van der Waals surface area contributed by atoms with Gasteiger partial charge in [0, 0.05) is 0 Å². The van der Waals surface area contributed by atoms with E-state index in [1.165, 1.54) is 236 Å². The first kappa shape index (κ1) is 52.3. The number of unbranched alkanes of at least 4 members (excludes halogenated alkanes) is 31. The highest BCUT2D eigenvalue weighted by molar-refractivity contribution is 4.66. The lowest BCUT2D eigenvalue weighted by Crippen LogP contribution is -3.00. The first-order valence-corrected chi connectivity index (χ1v) is 21.7. The Labute approximate surface area is 310 Å². The second-order valence-corrected chi connectivity index (χ2v) is 15.5. The smallest absolute Gasteiger partial charge is 0.0969 e. The third-order valence-electron chi connectivity index (χ3n) is 10.2. The number of aliphatic hydroxyl groups is 2.